The van der Waals surface area contributed by atoms with Crippen molar-refractivity contribution in [2.24, 2.45) is 0 Å². The van der Waals surface area contributed by atoms with E-state index in [1.165, 1.54) is 19.3 Å². The Labute approximate surface area is 133 Å². The Hall–Kier alpha value is -0.640. The highest BCUT2D eigenvalue weighted by Crippen LogP contribution is 2.29. The molecule has 0 saturated carbocycles. The largest absolute Gasteiger partial charge is 0.311 e. The smallest absolute Gasteiger partial charge is 0.130 e. The maximum atomic E-state index is 6.17. The maximum Gasteiger partial charge on any atom is 0.130 e. The minimum absolute atomic E-state index is 0.542. The van der Waals surface area contributed by atoms with E-state index < -0.39 is 0 Å². The highest BCUT2D eigenvalue weighted by atomic mass is 35.5. The number of aromatic nitrogens is 2. The molecule has 0 amide bonds. The van der Waals surface area contributed by atoms with Gasteiger partial charge in [0.2, 0.25) is 0 Å². The van der Waals surface area contributed by atoms with Crippen molar-refractivity contribution in [2.75, 3.05) is 24.0 Å². The Kier molecular flexibility index (Phi) is 4.29. The highest BCUT2D eigenvalue weighted by Gasteiger charge is 2.19. The van der Waals surface area contributed by atoms with E-state index >= 15 is 0 Å². The Bertz CT molecular complexity index is 618. The number of nitrogens with zero attached hydrogens (tertiary/aromatic N) is 3. The van der Waals surface area contributed by atoms with E-state index in [-0.39, 0.29) is 0 Å². The molecule has 1 fully saturated rings. The van der Waals surface area contributed by atoms with Gasteiger partial charge in [-0.25, -0.2) is 9.66 Å². The van der Waals surface area contributed by atoms with Crippen LogP contribution in [0.3, 0.4) is 0 Å². The lowest BCUT2D eigenvalue weighted by atomic mass is 10.2. The van der Waals surface area contributed by atoms with Gasteiger partial charge in [-0.2, -0.15) is 0 Å². The molecule has 1 saturated heterocycles. The number of rotatable bonds is 3. The number of hydrogen-bond donors (Lipinski definition) is 0. The van der Waals surface area contributed by atoms with Crippen molar-refractivity contribution in [3.05, 3.63) is 28.0 Å². The molecule has 3 rings (SSSR count). The molecule has 1 aromatic carbocycles. The monoisotopic (exact) mass is 331 g/mol. The molecule has 0 bridgehead atoms. The average molecular weight is 333 g/mol. The van der Waals surface area contributed by atoms with E-state index in [4.69, 9.17) is 34.8 Å². The molecule has 1 aliphatic heterocycles. The van der Waals surface area contributed by atoms with Crippen LogP contribution in [0.1, 0.15) is 25.1 Å². The standard InChI is InChI=1S/C14H16Cl3N3/c15-5-4-14-18-12-8-10(16)11(17)9-13(12)20(14)19-6-2-1-3-7-19/h8-9H,1-7H2. The highest BCUT2D eigenvalue weighted by molar-refractivity contribution is 6.42. The van der Waals surface area contributed by atoms with E-state index in [1.807, 2.05) is 12.1 Å². The van der Waals surface area contributed by atoms with Gasteiger partial charge in [-0.3, -0.25) is 0 Å². The minimum Gasteiger partial charge on any atom is -0.311 e. The molecule has 0 unspecified atom stereocenters. The summed E-state index contributed by atoms with van der Waals surface area (Å²) in [4.78, 5) is 4.67. The van der Waals surface area contributed by atoms with Crippen LogP contribution >= 0.6 is 34.8 Å². The molecule has 0 spiro atoms. The molecule has 1 aliphatic rings. The zero-order valence-electron chi connectivity index (χ0n) is 11.1. The van der Waals surface area contributed by atoms with E-state index in [0.29, 0.717) is 15.9 Å². The van der Waals surface area contributed by atoms with Gasteiger partial charge in [0, 0.05) is 25.4 Å². The van der Waals surface area contributed by atoms with Crippen molar-refractivity contribution in [1.29, 1.82) is 0 Å². The van der Waals surface area contributed by atoms with Gasteiger partial charge in [0.1, 0.15) is 5.82 Å². The average Bonchev–Trinajstić information content (AvgIpc) is 2.78. The third kappa shape index (κ3) is 2.59. The minimum atomic E-state index is 0.542. The van der Waals surface area contributed by atoms with Crippen LogP contribution in [-0.4, -0.2) is 28.6 Å². The third-order valence-corrected chi connectivity index (χ3v) is 4.58. The molecule has 0 atom stereocenters. The van der Waals surface area contributed by atoms with Crippen LogP contribution in [-0.2, 0) is 6.42 Å². The summed E-state index contributed by atoms with van der Waals surface area (Å²) >= 11 is 18.2. The second-order valence-electron chi connectivity index (χ2n) is 5.05. The summed E-state index contributed by atoms with van der Waals surface area (Å²) in [6.45, 7) is 2.09. The number of alkyl halides is 1. The topological polar surface area (TPSA) is 21.1 Å². The van der Waals surface area contributed by atoms with Gasteiger partial charge in [-0.1, -0.05) is 23.2 Å². The van der Waals surface area contributed by atoms with Crippen molar-refractivity contribution >= 4 is 45.8 Å². The van der Waals surface area contributed by atoms with Crippen LogP contribution in [0.4, 0.5) is 0 Å². The van der Waals surface area contributed by atoms with Crippen LogP contribution in [0.2, 0.25) is 10.0 Å². The lowest BCUT2D eigenvalue weighted by molar-refractivity contribution is 0.476. The van der Waals surface area contributed by atoms with Crippen molar-refractivity contribution in [1.82, 2.24) is 9.66 Å². The zero-order chi connectivity index (χ0) is 14.1. The maximum absolute atomic E-state index is 6.17. The van der Waals surface area contributed by atoms with E-state index in [1.54, 1.807) is 0 Å². The number of imidazole rings is 1. The van der Waals surface area contributed by atoms with Crippen LogP contribution < -0.4 is 5.01 Å². The Balaban J connectivity index is 2.14. The molecule has 2 aromatic rings. The Morgan fingerprint density at radius 3 is 2.45 bits per heavy atom. The van der Waals surface area contributed by atoms with Crippen LogP contribution in [0.25, 0.3) is 11.0 Å². The summed E-state index contributed by atoms with van der Waals surface area (Å²) in [5, 5.41) is 3.44. The first-order chi connectivity index (χ1) is 9.70. The SMILES string of the molecule is ClCCc1nc2cc(Cl)c(Cl)cc2n1N1CCCCC1. The second kappa shape index (κ2) is 6.00. The predicted molar refractivity (Wildman–Crippen MR) is 86.0 cm³/mol. The number of halogens is 3. The normalized spacial score (nSPS) is 16.1. The first-order valence-electron chi connectivity index (χ1n) is 6.88. The quantitative estimate of drug-likeness (QED) is 0.784. The molecule has 2 heterocycles. The van der Waals surface area contributed by atoms with Crippen molar-refractivity contribution in [2.45, 2.75) is 25.7 Å². The molecule has 1 aromatic heterocycles. The van der Waals surface area contributed by atoms with Crippen LogP contribution in [0, 0.1) is 0 Å². The molecule has 0 N–H and O–H groups in total. The van der Waals surface area contributed by atoms with Gasteiger partial charge in [0.05, 0.1) is 21.1 Å². The summed E-state index contributed by atoms with van der Waals surface area (Å²) in [6.07, 6.45) is 4.45. The molecule has 0 aliphatic carbocycles. The van der Waals surface area contributed by atoms with E-state index in [9.17, 15) is 0 Å². The molecule has 6 heteroatoms. The molecular formula is C14H16Cl3N3. The molecule has 108 valence electrons. The lowest BCUT2D eigenvalue weighted by Crippen LogP contribution is -2.40. The summed E-state index contributed by atoms with van der Waals surface area (Å²) in [5.41, 5.74) is 1.89. The van der Waals surface area contributed by atoms with E-state index in [2.05, 4.69) is 14.7 Å². The molecule has 20 heavy (non-hydrogen) atoms. The van der Waals surface area contributed by atoms with Gasteiger partial charge in [-0.05, 0) is 31.4 Å². The van der Waals surface area contributed by atoms with Gasteiger partial charge < -0.3 is 5.01 Å². The first-order valence-corrected chi connectivity index (χ1v) is 8.17. The van der Waals surface area contributed by atoms with Crippen LogP contribution in [0.15, 0.2) is 12.1 Å². The second-order valence-corrected chi connectivity index (χ2v) is 6.24. The van der Waals surface area contributed by atoms with Gasteiger partial charge in [0.25, 0.3) is 0 Å². The Morgan fingerprint density at radius 1 is 1.05 bits per heavy atom. The third-order valence-electron chi connectivity index (χ3n) is 3.67. The summed E-state index contributed by atoms with van der Waals surface area (Å²) in [6, 6.07) is 3.73. The molecular weight excluding hydrogens is 317 g/mol. The molecule has 0 radical (unpaired) electrons. The number of hydrogen-bond acceptors (Lipinski definition) is 2. The van der Waals surface area contributed by atoms with Crippen molar-refractivity contribution < 1.29 is 0 Å². The fraction of sp³-hybridized carbons (Fsp3) is 0.500. The fourth-order valence-electron chi connectivity index (χ4n) is 2.75. The van der Waals surface area contributed by atoms with Crippen LogP contribution in [0.5, 0.6) is 0 Å². The molecule has 3 nitrogen and oxygen atoms in total. The summed E-state index contributed by atoms with van der Waals surface area (Å²) in [5.74, 6) is 1.54. The lowest BCUT2D eigenvalue weighted by Gasteiger charge is -2.31. The fourth-order valence-corrected chi connectivity index (χ4v) is 3.23. The van der Waals surface area contributed by atoms with Crippen molar-refractivity contribution in [3.63, 3.8) is 0 Å². The van der Waals surface area contributed by atoms with Gasteiger partial charge in [0.15, 0.2) is 0 Å². The first kappa shape index (κ1) is 14.3. The number of fused-ring (bicyclic) bond motifs is 1. The Morgan fingerprint density at radius 2 is 1.75 bits per heavy atom. The van der Waals surface area contributed by atoms with Gasteiger partial charge in [-0.15, -0.1) is 11.6 Å². The van der Waals surface area contributed by atoms with Gasteiger partial charge >= 0.3 is 0 Å². The number of aryl methyl sites for hydroxylation is 1. The van der Waals surface area contributed by atoms with E-state index in [0.717, 1.165) is 36.4 Å². The van der Waals surface area contributed by atoms with Crippen molar-refractivity contribution in [3.8, 4) is 0 Å². The number of benzene rings is 1. The zero-order valence-corrected chi connectivity index (χ0v) is 13.3. The summed E-state index contributed by atoms with van der Waals surface area (Å²) in [7, 11) is 0. The summed E-state index contributed by atoms with van der Waals surface area (Å²) < 4.78 is 2.18. The predicted octanol–water partition coefficient (Wildman–Crippen LogP) is 4.25. The number of piperidine rings is 1.